The predicted octanol–water partition coefficient (Wildman–Crippen LogP) is 2.86. The van der Waals surface area contributed by atoms with E-state index in [4.69, 9.17) is 4.74 Å². The van der Waals surface area contributed by atoms with Gasteiger partial charge in [0.2, 0.25) is 0 Å². The molecular formula is C18H20N6O2. The van der Waals surface area contributed by atoms with E-state index in [1.807, 2.05) is 44.2 Å². The van der Waals surface area contributed by atoms with Gasteiger partial charge in [-0.1, -0.05) is 42.5 Å². The first-order valence-corrected chi connectivity index (χ1v) is 8.27. The number of nitrogens with one attached hydrogen (secondary N) is 1. The van der Waals surface area contributed by atoms with Crippen LogP contribution >= 0.6 is 0 Å². The number of hydrogen-bond acceptors (Lipinski definition) is 7. The summed E-state index contributed by atoms with van der Waals surface area (Å²) in [5.74, 6) is -0.0429. The third kappa shape index (κ3) is 3.53. The van der Waals surface area contributed by atoms with E-state index in [1.165, 1.54) is 13.3 Å². The third-order valence-electron chi connectivity index (χ3n) is 3.98. The first kappa shape index (κ1) is 17.5. The highest BCUT2D eigenvalue weighted by Crippen LogP contribution is 2.24. The lowest BCUT2D eigenvalue weighted by molar-refractivity contribution is 0.0602. The minimum atomic E-state index is -0.487. The molecule has 26 heavy (non-hydrogen) atoms. The van der Waals surface area contributed by atoms with E-state index in [0.29, 0.717) is 29.0 Å². The van der Waals surface area contributed by atoms with Crippen molar-refractivity contribution in [1.29, 1.82) is 0 Å². The van der Waals surface area contributed by atoms with Gasteiger partial charge in [-0.3, -0.25) is 5.43 Å². The Balaban J connectivity index is 2.09. The second kappa shape index (κ2) is 7.73. The minimum Gasteiger partial charge on any atom is -0.465 e. The fourth-order valence-corrected chi connectivity index (χ4v) is 2.43. The number of esters is 1. The van der Waals surface area contributed by atoms with Crippen LogP contribution in [0.5, 0.6) is 0 Å². The molecular weight excluding hydrogens is 332 g/mol. The Morgan fingerprint density at radius 2 is 2.08 bits per heavy atom. The summed E-state index contributed by atoms with van der Waals surface area (Å²) >= 11 is 0. The van der Waals surface area contributed by atoms with Crippen molar-refractivity contribution in [1.82, 2.24) is 20.0 Å². The molecule has 8 heteroatoms. The Hall–Kier alpha value is -3.29. The average molecular weight is 352 g/mol. The Morgan fingerprint density at radius 1 is 1.31 bits per heavy atom. The second-order valence-electron chi connectivity index (χ2n) is 5.75. The summed E-state index contributed by atoms with van der Waals surface area (Å²) in [6, 6.07) is 9.82. The molecule has 0 amide bonds. The van der Waals surface area contributed by atoms with Crippen LogP contribution < -0.4 is 5.43 Å². The molecule has 2 aromatic heterocycles. The van der Waals surface area contributed by atoms with Crippen molar-refractivity contribution in [2.45, 2.75) is 26.8 Å². The lowest BCUT2D eigenvalue weighted by Crippen LogP contribution is -2.09. The maximum absolute atomic E-state index is 12.2. The summed E-state index contributed by atoms with van der Waals surface area (Å²) in [6.45, 7) is 4.40. The smallest absolute Gasteiger partial charge is 0.341 e. The largest absolute Gasteiger partial charge is 0.465 e. The van der Waals surface area contributed by atoms with Gasteiger partial charge >= 0.3 is 5.97 Å². The van der Waals surface area contributed by atoms with Crippen LogP contribution in [0.15, 0.2) is 41.6 Å². The van der Waals surface area contributed by atoms with Crippen molar-refractivity contribution in [3.05, 3.63) is 47.7 Å². The zero-order valence-electron chi connectivity index (χ0n) is 14.9. The molecule has 8 nitrogen and oxygen atoms in total. The van der Waals surface area contributed by atoms with Crippen molar-refractivity contribution in [2.24, 2.45) is 5.10 Å². The van der Waals surface area contributed by atoms with Crippen molar-refractivity contribution in [2.75, 3.05) is 12.5 Å². The number of hydrazone groups is 1. The second-order valence-corrected chi connectivity index (χ2v) is 5.75. The summed E-state index contributed by atoms with van der Waals surface area (Å²) in [5, 5.41) is 12.7. The van der Waals surface area contributed by atoms with Crippen molar-refractivity contribution in [3.8, 4) is 0 Å². The predicted molar refractivity (Wildman–Crippen MR) is 99.2 cm³/mol. The van der Waals surface area contributed by atoms with Gasteiger partial charge in [0.15, 0.2) is 11.3 Å². The van der Waals surface area contributed by atoms with E-state index >= 15 is 0 Å². The van der Waals surface area contributed by atoms with Gasteiger partial charge in [-0.2, -0.15) is 5.10 Å². The van der Waals surface area contributed by atoms with Crippen LogP contribution in [0.2, 0.25) is 0 Å². The van der Waals surface area contributed by atoms with Gasteiger partial charge in [-0.05, 0) is 18.9 Å². The highest BCUT2D eigenvalue weighted by atomic mass is 16.5. The summed E-state index contributed by atoms with van der Waals surface area (Å²) < 4.78 is 6.55. The lowest BCUT2D eigenvalue weighted by atomic mass is 10.2. The van der Waals surface area contributed by atoms with Gasteiger partial charge in [-0.25, -0.2) is 14.5 Å². The van der Waals surface area contributed by atoms with E-state index < -0.39 is 5.97 Å². The number of benzene rings is 1. The molecule has 1 N–H and O–H groups in total. The molecule has 0 aliphatic carbocycles. The fraction of sp³-hybridized carbons (Fsp3) is 0.278. The number of carbonyl (C=O) groups is 1. The Kier molecular flexibility index (Phi) is 5.21. The van der Waals surface area contributed by atoms with Crippen LogP contribution in [0.1, 0.15) is 36.2 Å². The minimum absolute atomic E-state index is 0.310. The van der Waals surface area contributed by atoms with Crippen LogP contribution in [-0.4, -0.2) is 38.8 Å². The molecule has 0 bridgehead atoms. The third-order valence-corrected chi connectivity index (χ3v) is 3.98. The standard InChI is InChI=1S/C18H20N6O2/c1-4-12(2)20-22-17-15-16(14(10-19-17)18(25)26-3)24(23-21-15)11-13-8-6-5-7-9-13/h5-10H,4,11H2,1-3H3,(H,19,22). The Labute approximate surface area is 150 Å². The first-order valence-electron chi connectivity index (χ1n) is 8.27. The highest BCUT2D eigenvalue weighted by Gasteiger charge is 2.20. The maximum atomic E-state index is 12.2. The molecule has 3 aromatic rings. The molecule has 3 rings (SSSR count). The van der Waals surface area contributed by atoms with Crippen LogP contribution in [0.25, 0.3) is 11.0 Å². The first-order chi connectivity index (χ1) is 12.6. The lowest BCUT2D eigenvalue weighted by Gasteiger charge is -2.08. The zero-order chi connectivity index (χ0) is 18.5. The quantitative estimate of drug-likeness (QED) is 0.416. The van der Waals surface area contributed by atoms with Gasteiger partial charge < -0.3 is 4.74 Å². The van der Waals surface area contributed by atoms with E-state index in [9.17, 15) is 4.79 Å². The van der Waals surface area contributed by atoms with Gasteiger partial charge in [0.25, 0.3) is 0 Å². The van der Waals surface area contributed by atoms with Crippen molar-refractivity contribution >= 4 is 28.5 Å². The van der Waals surface area contributed by atoms with Gasteiger partial charge in [-0.15, -0.1) is 5.10 Å². The summed E-state index contributed by atoms with van der Waals surface area (Å²) in [7, 11) is 1.33. The molecule has 0 saturated heterocycles. The number of pyridine rings is 1. The SMILES string of the molecule is CCC(C)=NNc1ncc(C(=O)OC)c2c1nnn2Cc1ccccc1. The van der Waals surface area contributed by atoms with Crippen molar-refractivity contribution < 1.29 is 9.53 Å². The number of rotatable bonds is 6. The normalized spacial score (nSPS) is 11.6. The number of methoxy groups -OCH3 is 1. The van der Waals surface area contributed by atoms with Crippen LogP contribution in [0, 0.1) is 0 Å². The number of ether oxygens (including phenoxy) is 1. The zero-order valence-corrected chi connectivity index (χ0v) is 14.9. The van der Waals surface area contributed by atoms with Gasteiger partial charge in [0.1, 0.15) is 11.1 Å². The molecule has 0 atom stereocenters. The molecule has 0 unspecified atom stereocenters. The molecule has 0 saturated carbocycles. The number of anilines is 1. The van der Waals surface area contributed by atoms with Gasteiger partial charge in [0, 0.05) is 11.9 Å². The van der Waals surface area contributed by atoms with Crippen LogP contribution in [-0.2, 0) is 11.3 Å². The van der Waals surface area contributed by atoms with E-state index in [1.54, 1.807) is 4.68 Å². The summed E-state index contributed by atoms with van der Waals surface area (Å²) in [6.07, 6.45) is 2.27. The van der Waals surface area contributed by atoms with E-state index in [2.05, 4.69) is 25.8 Å². The Morgan fingerprint density at radius 3 is 2.77 bits per heavy atom. The molecule has 1 aromatic carbocycles. The molecule has 2 heterocycles. The molecule has 0 radical (unpaired) electrons. The van der Waals surface area contributed by atoms with Crippen LogP contribution in [0.4, 0.5) is 5.82 Å². The maximum Gasteiger partial charge on any atom is 0.341 e. The number of carbonyl (C=O) groups excluding carboxylic acids is 1. The Bertz CT molecular complexity index is 949. The number of hydrogen-bond donors (Lipinski definition) is 1. The average Bonchev–Trinajstić information content (AvgIpc) is 3.10. The topological polar surface area (TPSA) is 94.3 Å². The summed E-state index contributed by atoms with van der Waals surface area (Å²) in [4.78, 5) is 16.4. The summed E-state index contributed by atoms with van der Waals surface area (Å²) in [5.41, 5.74) is 6.21. The van der Waals surface area contributed by atoms with Crippen molar-refractivity contribution in [3.63, 3.8) is 0 Å². The van der Waals surface area contributed by atoms with E-state index in [0.717, 1.165) is 17.7 Å². The number of fused-ring (bicyclic) bond motifs is 1. The monoisotopic (exact) mass is 352 g/mol. The van der Waals surface area contributed by atoms with Crippen LogP contribution in [0.3, 0.4) is 0 Å². The molecule has 134 valence electrons. The number of aromatic nitrogens is 4. The molecule has 0 aliphatic rings. The van der Waals surface area contributed by atoms with Gasteiger partial charge in [0.05, 0.1) is 13.7 Å². The molecule has 0 fully saturated rings. The molecule has 0 aliphatic heterocycles. The van der Waals surface area contributed by atoms with E-state index in [-0.39, 0.29) is 0 Å². The molecule has 0 spiro atoms. The highest BCUT2D eigenvalue weighted by molar-refractivity contribution is 6.04. The fourth-order valence-electron chi connectivity index (χ4n) is 2.43. The number of nitrogens with zero attached hydrogens (tertiary/aromatic N) is 5.